The molecule has 0 radical (unpaired) electrons. The molecule has 0 spiro atoms. The Hall–Kier alpha value is -0.120. The Morgan fingerprint density at radius 2 is 2.18 bits per heavy atom. The molecule has 0 fully saturated rings. The highest BCUT2D eigenvalue weighted by atomic mass is 79.9. The van der Waals surface area contributed by atoms with Crippen molar-refractivity contribution in [2.75, 3.05) is 0 Å². The molecule has 0 saturated heterocycles. The average molecular weight is 238 g/mol. The Morgan fingerprint density at radius 3 is 2.55 bits per heavy atom. The van der Waals surface area contributed by atoms with Crippen LogP contribution in [0.3, 0.4) is 0 Å². The first-order valence-electron chi connectivity index (χ1n) is 3.07. The second-order valence-corrected chi connectivity index (χ2v) is 3.11. The van der Waals surface area contributed by atoms with E-state index in [4.69, 9.17) is 5.73 Å². The van der Waals surface area contributed by atoms with Crippen LogP contribution in [0.5, 0.6) is 0 Å². The monoisotopic (exact) mass is 236 g/mol. The summed E-state index contributed by atoms with van der Waals surface area (Å²) in [6, 6.07) is 3.87. The minimum atomic E-state index is 0. The van der Waals surface area contributed by atoms with Crippen molar-refractivity contribution in [3.8, 4) is 0 Å². The fourth-order valence-electron chi connectivity index (χ4n) is 0.657. The van der Waals surface area contributed by atoms with E-state index in [0.29, 0.717) is 0 Å². The number of hydrogen-bond acceptors (Lipinski definition) is 2. The van der Waals surface area contributed by atoms with Crippen molar-refractivity contribution in [1.82, 2.24) is 4.98 Å². The topological polar surface area (TPSA) is 38.9 Å². The zero-order valence-electron chi connectivity index (χ0n) is 6.12. The summed E-state index contributed by atoms with van der Waals surface area (Å²) < 4.78 is 0.983. The van der Waals surface area contributed by atoms with Crippen molar-refractivity contribution in [3.63, 3.8) is 0 Å². The van der Waals surface area contributed by atoms with Gasteiger partial charge in [-0.25, -0.2) is 0 Å². The Labute approximate surface area is 80.7 Å². The van der Waals surface area contributed by atoms with Gasteiger partial charge in [-0.1, -0.05) is 0 Å². The molecule has 0 saturated carbocycles. The first kappa shape index (κ1) is 10.9. The third-order valence-corrected chi connectivity index (χ3v) is 1.69. The van der Waals surface area contributed by atoms with Gasteiger partial charge in [0.2, 0.25) is 0 Å². The van der Waals surface area contributed by atoms with Crippen LogP contribution < -0.4 is 5.73 Å². The molecule has 0 aliphatic heterocycles. The zero-order chi connectivity index (χ0) is 7.56. The summed E-state index contributed by atoms with van der Waals surface area (Å²) in [5.74, 6) is 0. The average Bonchev–Trinajstić information content (AvgIpc) is 1.88. The molecule has 4 heteroatoms. The molecule has 0 amide bonds. The van der Waals surface area contributed by atoms with Gasteiger partial charge in [0, 0.05) is 16.7 Å². The van der Waals surface area contributed by atoms with Crippen molar-refractivity contribution in [2.24, 2.45) is 5.73 Å². The van der Waals surface area contributed by atoms with Gasteiger partial charge in [0.15, 0.2) is 0 Å². The molecule has 0 bridgehead atoms. The van der Waals surface area contributed by atoms with Gasteiger partial charge in [-0.15, -0.1) is 12.4 Å². The van der Waals surface area contributed by atoms with Crippen LogP contribution in [0.4, 0.5) is 0 Å². The van der Waals surface area contributed by atoms with Crippen molar-refractivity contribution in [3.05, 3.63) is 28.5 Å². The molecule has 2 N–H and O–H groups in total. The first-order valence-corrected chi connectivity index (χ1v) is 3.86. The first-order chi connectivity index (χ1) is 4.70. The third-order valence-electron chi connectivity index (χ3n) is 1.22. The van der Waals surface area contributed by atoms with Crippen molar-refractivity contribution < 1.29 is 0 Å². The number of hydrogen-bond donors (Lipinski definition) is 1. The van der Waals surface area contributed by atoms with Crippen LogP contribution >= 0.6 is 28.3 Å². The SMILES string of the molecule is C[C@H](N)c1ccc(Br)cn1.Cl. The standard InChI is InChI=1S/C7H9BrN2.ClH/c1-5(9)7-3-2-6(8)4-10-7;/h2-5H,9H2,1H3;1H/t5-;/m0./s1. The number of nitrogens with zero attached hydrogens (tertiary/aromatic N) is 1. The maximum atomic E-state index is 5.59. The van der Waals surface area contributed by atoms with Gasteiger partial charge < -0.3 is 5.73 Å². The summed E-state index contributed by atoms with van der Waals surface area (Å²) >= 11 is 3.29. The fraction of sp³-hybridized carbons (Fsp3) is 0.286. The van der Waals surface area contributed by atoms with E-state index in [0.717, 1.165) is 10.2 Å². The van der Waals surface area contributed by atoms with E-state index in [1.54, 1.807) is 6.20 Å². The second-order valence-electron chi connectivity index (χ2n) is 2.19. The fourth-order valence-corrected chi connectivity index (χ4v) is 0.891. The number of nitrogens with two attached hydrogens (primary N) is 1. The van der Waals surface area contributed by atoms with Gasteiger partial charge in [-0.3, -0.25) is 4.98 Å². The highest BCUT2D eigenvalue weighted by Crippen LogP contribution is 2.10. The van der Waals surface area contributed by atoms with Crippen LogP contribution in [0.1, 0.15) is 18.7 Å². The number of aromatic nitrogens is 1. The molecule has 1 rings (SSSR count). The van der Waals surface area contributed by atoms with Gasteiger partial charge in [-0.2, -0.15) is 0 Å². The Bertz CT molecular complexity index is 210. The number of rotatable bonds is 1. The van der Waals surface area contributed by atoms with Gasteiger partial charge in [0.1, 0.15) is 0 Å². The molecular formula is C7H10BrClN2. The summed E-state index contributed by atoms with van der Waals surface area (Å²) in [7, 11) is 0. The summed E-state index contributed by atoms with van der Waals surface area (Å²) in [5.41, 5.74) is 6.51. The summed E-state index contributed by atoms with van der Waals surface area (Å²) in [6.07, 6.45) is 1.75. The highest BCUT2D eigenvalue weighted by molar-refractivity contribution is 9.10. The molecule has 2 nitrogen and oxygen atoms in total. The van der Waals surface area contributed by atoms with Crippen LogP contribution in [0.25, 0.3) is 0 Å². The molecule has 0 aromatic carbocycles. The van der Waals surface area contributed by atoms with Gasteiger partial charge >= 0.3 is 0 Å². The highest BCUT2D eigenvalue weighted by Gasteiger charge is 1.97. The lowest BCUT2D eigenvalue weighted by Crippen LogP contribution is -2.06. The van der Waals surface area contributed by atoms with E-state index >= 15 is 0 Å². The van der Waals surface area contributed by atoms with E-state index < -0.39 is 0 Å². The van der Waals surface area contributed by atoms with Crippen molar-refractivity contribution >= 4 is 28.3 Å². The van der Waals surface area contributed by atoms with Crippen LogP contribution in [-0.4, -0.2) is 4.98 Å². The minimum absolute atomic E-state index is 0. The smallest absolute Gasteiger partial charge is 0.0569 e. The van der Waals surface area contributed by atoms with Crippen molar-refractivity contribution in [2.45, 2.75) is 13.0 Å². The van der Waals surface area contributed by atoms with Crippen LogP contribution in [0.15, 0.2) is 22.8 Å². The zero-order valence-corrected chi connectivity index (χ0v) is 8.52. The lowest BCUT2D eigenvalue weighted by atomic mass is 10.2. The predicted molar refractivity (Wildman–Crippen MR) is 51.8 cm³/mol. The summed E-state index contributed by atoms with van der Waals surface area (Å²) in [4.78, 5) is 4.11. The maximum absolute atomic E-state index is 5.59. The van der Waals surface area contributed by atoms with E-state index in [-0.39, 0.29) is 18.4 Å². The van der Waals surface area contributed by atoms with E-state index in [1.807, 2.05) is 19.1 Å². The molecule has 1 heterocycles. The number of pyridine rings is 1. The molecular weight excluding hydrogens is 227 g/mol. The maximum Gasteiger partial charge on any atom is 0.0569 e. The third kappa shape index (κ3) is 3.18. The minimum Gasteiger partial charge on any atom is -0.323 e. The largest absolute Gasteiger partial charge is 0.323 e. The Balaban J connectivity index is 0.000001000. The molecule has 0 unspecified atom stereocenters. The van der Waals surface area contributed by atoms with E-state index in [2.05, 4.69) is 20.9 Å². The molecule has 0 aliphatic carbocycles. The van der Waals surface area contributed by atoms with Gasteiger partial charge in [-0.05, 0) is 35.0 Å². The van der Waals surface area contributed by atoms with Gasteiger partial charge in [0.25, 0.3) is 0 Å². The lowest BCUT2D eigenvalue weighted by Gasteiger charge is -2.02. The molecule has 11 heavy (non-hydrogen) atoms. The molecule has 0 aliphatic rings. The number of halogens is 2. The summed E-state index contributed by atoms with van der Waals surface area (Å²) in [6.45, 7) is 1.91. The molecule has 1 atom stereocenters. The van der Waals surface area contributed by atoms with E-state index in [9.17, 15) is 0 Å². The van der Waals surface area contributed by atoms with Crippen LogP contribution in [0.2, 0.25) is 0 Å². The Kier molecular flexibility index (Phi) is 4.65. The molecule has 62 valence electrons. The van der Waals surface area contributed by atoms with E-state index in [1.165, 1.54) is 0 Å². The molecule has 1 aromatic rings. The Morgan fingerprint density at radius 1 is 1.55 bits per heavy atom. The quantitative estimate of drug-likeness (QED) is 0.814. The summed E-state index contributed by atoms with van der Waals surface area (Å²) in [5, 5.41) is 0. The predicted octanol–water partition coefficient (Wildman–Crippen LogP) is 2.29. The lowest BCUT2D eigenvalue weighted by molar-refractivity contribution is 0.780. The van der Waals surface area contributed by atoms with Crippen molar-refractivity contribution in [1.29, 1.82) is 0 Å². The second kappa shape index (κ2) is 4.70. The molecule has 1 aromatic heterocycles. The van der Waals surface area contributed by atoms with Crippen LogP contribution in [-0.2, 0) is 0 Å². The van der Waals surface area contributed by atoms with Gasteiger partial charge in [0.05, 0.1) is 5.69 Å². The van der Waals surface area contributed by atoms with Crippen LogP contribution in [0, 0.1) is 0 Å². The normalized spacial score (nSPS) is 11.9.